The monoisotopic (exact) mass is 345 g/mol. The van der Waals surface area contributed by atoms with Crippen LogP contribution in [0.2, 0.25) is 0 Å². The van der Waals surface area contributed by atoms with E-state index in [0.717, 1.165) is 31.2 Å². The zero-order chi connectivity index (χ0) is 17.8. The number of rotatable bonds is 6. The topological polar surface area (TPSA) is 70.8 Å². The molecule has 0 radical (unpaired) electrons. The molecule has 5 nitrogen and oxygen atoms in total. The van der Waals surface area contributed by atoms with Crippen molar-refractivity contribution in [3.8, 4) is 0 Å². The van der Waals surface area contributed by atoms with E-state index in [1.165, 1.54) is 24.3 Å². The van der Waals surface area contributed by atoms with E-state index < -0.39 is 5.97 Å². The maximum Gasteiger partial charge on any atom is 0.371 e. The van der Waals surface area contributed by atoms with Crippen molar-refractivity contribution in [1.82, 2.24) is 4.90 Å². The minimum absolute atomic E-state index is 0.0311. The Morgan fingerprint density at radius 1 is 1.16 bits per heavy atom. The summed E-state index contributed by atoms with van der Waals surface area (Å²) in [5.74, 6) is -2.03. The number of hydrogen-bond donors (Lipinski definition) is 1. The van der Waals surface area contributed by atoms with Crippen LogP contribution in [0.25, 0.3) is 0 Å². The minimum Gasteiger partial charge on any atom is -0.475 e. The van der Waals surface area contributed by atoms with Gasteiger partial charge in [0.1, 0.15) is 5.82 Å². The van der Waals surface area contributed by atoms with E-state index in [1.807, 2.05) is 6.07 Å². The van der Waals surface area contributed by atoms with Crippen molar-refractivity contribution < 1.29 is 23.5 Å². The lowest BCUT2D eigenvalue weighted by molar-refractivity contribution is 0.0625. The maximum absolute atomic E-state index is 13.3. The molecular weight excluding hydrogens is 325 g/mol. The highest BCUT2D eigenvalue weighted by Crippen LogP contribution is 2.26. The molecule has 25 heavy (non-hydrogen) atoms. The van der Waals surface area contributed by atoms with Gasteiger partial charge in [0.15, 0.2) is 5.76 Å². The fourth-order valence-corrected chi connectivity index (χ4v) is 3.32. The summed E-state index contributed by atoms with van der Waals surface area (Å²) < 4.78 is 18.5. The Balaban J connectivity index is 1.76. The normalized spacial score (nSPS) is 14.6. The van der Waals surface area contributed by atoms with Gasteiger partial charge < -0.3 is 14.4 Å². The first-order valence-corrected chi connectivity index (χ1v) is 8.43. The molecule has 0 atom stereocenters. The number of halogens is 1. The summed E-state index contributed by atoms with van der Waals surface area (Å²) in [5.41, 5.74) is 0.821. The summed E-state index contributed by atoms with van der Waals surface area (Å²) in [6.07, 6.45) is 4.50. The Morgan fingerprint density at radius 3 is 2.52 bits per heavy atom. The minimum atomic E-state index is -1.20. The quantitative estimate of drug-likeness (QED) is 0.866. The Hall–Kier alpha value is -2.63. The maximum atomic E-state index is 13.3. The molecule has 0 aliphatic heterocycles. The zero-order valence-electron chi connectivity index (χ0n) is 13.8. The SMILES string of the molecule is O=C(O)c1ccc(C(=O)N(CCc2cccc(F)c2)C2CCCC2)o1. The van der Waals surface area contributed by atoms with Gasteiger partial charge >= 0.3 is 5.97 Å². The van der Waals surface area contributed by atoms with E-state index in [0.29, 0.717) is 13.0 Å². The van der Waals surface area contributed by atoms with Gasteiger partial charge in [-0.1, -0.05) is 25.0 Å². The average molecular weight is 345 g/mol. The van der Waals surface area contributed by atoms with Crippen LogP contribution in [0, 0.1) is 5.82 Å². The van der Waals surface area contributed by atoms with Crippen LogP contribution in [0.3, 0.4) is 0 Å². The van der Waals surface area contributed by atoms with Gasteiger partial charge in [0.2, 0.25) is 5.76 Å². The smallest absolute Gasteiger partial charge is 0.371 e. The van der Waals surface area contributed by atoms with Gasteiger partial charge in [-0.3, -0.25) is 4.79 Å². The Morgan fingerprint density at radius 2 is 1.88 bits per heavy atom. The summed E-state index contributed by atoms with van der Waals surface area (Å²) in [5, 5.41) is 8.95. The fraction of sp³-hybridized carbons (Fsp3) is 0.368. The molecule has 1 aromatic heterocycles. The van der Waals surface area contributed by atoms with E-state index >= 15 is 0 Å². The molecule has 1 N–H and O–H groups in total. The molecule has 0 spiro atoms. The van der Waals surface area contributed by atoms with Crippen LogP contribution in [0.15, 0.2) is 40.8 Å². The average Bonchev–Trinajstić information content (AvgIpc) is 3.27. The van der Waals surface area contributed by atoms with Crippen molar-refractivity contribution in [2.24, 2.45) is 0 Å². The molecule has 1 fully saturated rings. The largest absolute Gasteiger partial charge is 0.475 e. The van der Waals surface area contributed by atoms with E-state index in [1.54, 1.807) is 11.0 Å². The summed E-state index contributed by atoms with van der Waals surface area (Å²) in [6.45, 7) is 0.441. The summed E-state index contributed by atoms with van der Waals surface area (Å²) >= 11 is 0. The van der Waals surface area contributed by atoms with Crippen LogP contribution in [-0.4, -0.2) is 34.5 Å². The third-order valence-corrected chi connectivity index (χ3v) is 4.58. The van der Waals surface area contributed by atoms with Crippen molar-refractivity contribution in [2.45, 2.75) is 38.1 Å². The number of carboxylic acids is 1. The van der Waals surface area contributed by atoms with Crippen LogP contribution >= 0.6 is 0 Å². The van der Waals surface area contributed by atoms with Crippen molar-refractivity contribution in [2.75, 3.05) is 6.54 Å². The fourth-order valence-electron chi connectivity index (χ4n) is 3.32. The van der Waals surface area contributed by atoms with Gasteiger partial charge in [-0.05, 0) is 49.1 Å². The number of carboxylic acid groups (broad SMARTS) is 1. The van der Waals surface area contributed by atoms with Crippen molar-refractivity contribution >= 4 is 11.9 Å². The summed E-state index contributed by atoms with van der Waals surface area (Å²) in [6, 6.07) is 9.13. The van der Waals surface area contributed by atoms with Gasteiger partial charge in [0.25, 0.3) is 5.91 Å². The highest BCUT2D eigenvalue weighted by molar-refractivity contribution is 5.93. The van der Waals surface area contributed by atoms with Gasteiger partial charge in [-0.2, -0.15) is 0 Å². The number of carbonyl (C=O) groups is 2. The van der Waals surface area contributed by atoms with Crippen molar-refractivity contribution in [3.63, 3.8) is 0 Å². The summed E-state index contributed by atoms with van der Waals surface area (Å²) in [7, 11) is 0. The van der Waals surface area contributed by atoms with Crippen molar-refractivity contribution in [3.05, 3.63) is 59.3 Å². The van der Waals surface area contributed by atoms with Crippen molar-refractivity contribution in [1.29, 1.82) is 0 Å². The van der Waals surface area contributed by atoms with Crippen LogP contribution in [0.5, 0.6) is 0 Å². The highest BCUT2D eigenvalue weighted by atomic mass is 19.1. The molecule has 1 aliphatic rings. The molecule has 1 amide bonds. The molecule has 0 bridgehead atoms. The Kier molecular flexibility index (Phi) is 5.16. The molecule has 2 aromatic rings. The zero-order valence-corrected chi connectivity index (χ0v) is 13.8. The molecule has 1 heterocycles. The number of nitrogens with zero attached hydrogens (tertiary/aromatic N) is 1. The first-order valence-electron chi connectivity index (χ1n) is 8.43. The second-order valence-electron chi connectivity index (χ2n) is 6.29. The highest BCUT2D eigenvalue weighted by Gasteiger charge is 2.29. The lowest BCUT2D eigenvalue weighted by Crippen LogP contribution is -2.40. The van der Waals surface area contributed by atoms with E-state index in [-0.39, 0.29) is 29.3 Å². The third kappa shape index (κ3) is 4.07. The number of aromatic carboxylic acids is 1. The lowest BCUT2D eigenvalue weighted by atomic mass is 10.1. The molecule has 132 valence electrons. The van der Waals surface area contributed by atoms with Crippen LogP contribution in [-0.2, 0) is 6.42 Å². The van der Waals surface area contributed by atoms with Crippen LogP contribution < -0.4 is 0 Å². The van der Waals surface area contributed by atoms with E-state index in [2.05, 4.69) is 0 Å². The number of amides is 1. The molecule has 1 aromatic carbocycles. The van der Waals surface area contributed by atoms with Gasteiger partial charge in [-0.15, -0.1) is 0 Å². The second kappa shape index (κ2) is 7.51. The third-order valence-electron chi connectivity index (χ3n) is 4.58. The van der Waals surface area contributed by atoms with Crippen LogP contribution in [0.1, 0.15) is 52.4 Å². The predicted molar refractivity (Wildman–Crippen MR) is 89.1 cm³/mol. The van der Waals surface area contributed by atoms with E-state index in [9.17, 15) is 14.0 Å². The predicted octanol–water partition coefficient (Wildman–Crippen LogP) is 3.74. The molecule has 1 saturated carbocycles. The molecule has 0 unspecified atom stereocenters. The number of furan rings is 1. The number of carbonyl (C=O) groups excluding carboxylic acids is 1. The van der Waals surface area contributed by atoms with Gasteiger partial charge in [0.05, 0.1) is 0 Å². The Labute approximate surface area is 145 Å². The standard InChI is InChI=1S/C19H20FNO4/c20-14-5-3-4-13(12-14)10-11-21(15-6-1-2-7-15)18(22)16-8-9-17(25-16)19(23)24/h3-5,8-9,12,15H,1-2,6-7,10-11H2,(H,23,24). The first-order chi connectivity index (χ1) is 12.0. The lowest BCUT2D eigenvalue weighted by Gasteiger charge is -2.28. The Bertz CT molecular complexity index is 764. The second-order valence-corrected chi connectivity index (χ2v) is 6.29. The molecule has 3 rings (SSSR count). The summed E-state index contributed by atoms with van der Waals surface area (Å²) in [4.78, 5) is 25.5. The number of benzene rings is 1. The molecule has 0 saturated heterocycles. The van der Waals surface area contributed by atoms with Crippen LogP contribution in [0.4, 0.5) is 4.39 Å². The number of hydrogen-bond acceptors (Lipinski definition) is 3. The van der Waals surface area contributed by atoms with E-state index in [4.69, 9.17) is 9.52 Å². The molecule has 6 heteroatoms. The van der Waals surface area contributed by atoms with Gasteiger partial charge in [-0.25, -0.2) is 9.18 Å². The first kappa shape index (κ1) is 17.2. The van der Waals surface area contributed by atoms with Gasteiger partial charge in [0, 0.05) is 12.6 Å². The molecule has 1 aliphatic carbocycles. The molecular formula is C19H20FNO4.